The van der Waals surface area contributed by atoms with Crippen molar-refractivity contribution in [3.05, 3.63) is 47.6 Å². The second kappa shape index (κ2) is 4.78. The maximum atomic E-state index is 5.35. The molecule has 0 aliphatic carbocycles. The standard InChI is InChI=1S/C14H11N3OS/c1-18-13-12(16-8-17-14(13)19)11-7-15-6-9-4-2-3-5-10(9)11/h2-8H,1H3,(H,16,17,19). The van der Waals surface area contributed by atoms with Gasteiger partial charge < -0.3 is 9.72 Å². The van der Waals surface area contributed by atoms with Crippen molar-refractivity contribution in [3.63, 3.8) is 0 Å². The lowest BCUT2D eigenvalue weighted by Gasteiger charge is -2.10. The smallest absolute Gasteiger partial charge is 0.179 e. The molecule has 3 aromatic rings. The summed E-state index contributed by atoms with van der Waals surface area (Å²) in [6, 6.07) is 8.05. The second-order valence-corrected chi connectivity index (χ2v) is 4.41. The van der Waals surface area contributed by atoms with Gasteiger partial charge in [-0.25, -0.2) is 4.98 Å². The van der Waals surface area contributed by atoms with Crippen molar-refractivity contribution >= 4 is 23.0 Å². The number of ether oxygens (including phenoxy) is 1. The first-order valence-corrected chi connectivity index (χ1v) is 6.17. The molecule has 5 heteroatoms. The van der Waals surface area contributed by atoms with Crippen molar-refractivity contribution in [2.24, 2.45) is 0 Å². The highest BCUT2D eigenvalue weighted by molar-refractivity contribution is 7.71. The monoisotopic (exact) mass is 269 g/mol. The van der Waals surface area contributed by atoms with E-state index in [1.807, 2.05) is 30.5 Å². The number of pyridine rings is 1. The van der Waals surface area contributed by atoms with Gasteiger partial charge >= 0.3 is 0 Å². The van der Waals surface area contributed by atoms with Gasteiger partial charge in [0.2, 0.25) is 0 Å². The van der Waals surface area contributed by atoms with Gasteiger partial charge in [0.25, 0.3) is 0 Å². The highest BCUT2D eigenvalue weighted by Gasteiger charge is 2.11. The van der Waals surface area contributed by atoms with E-state index in [2.05, 4.69) is 15.0 Å². The van der Waals surface area contributed by atoms with Crippen LogP contribution in [-0.4, -0.2) is 22.1 Å². The third kappa shape index (κ3) is 1.98. The van der Waals surface area contributed by atoms with E-state index in [9.17, 15) is 0 Å². The molecule has 0 aliphatic rings. The molecule has 0 bridgehead atoms. The number of nitrogens with zero attached hydrogens (tertiary/aromatic N) is 2. The van der Waals surface area contributed by atoms with E-state index >= 15 is 0 Å². The quantitative estimate of drug-likeness (QED) is 0.725. The third-order valence-electron chi connectivity index (χ3n) is 2.95. The summed E-state index contributed by atoms with van der Waals surface area (Å²) in [7, 11) is 1.59. The lowest BCUT2D eigenvalue weighted by molar-refractivity contribution is 0.411. The minimum absolute atomic E-state index is 0.434. The van der Waals surface area contributed by atoms with Crippen LogP contribution in [0.1, 0.15) is 0 Å². The Bertz CT molecular complexity index is 793. The van der Waals surface area contributed by atoms with Crippen LogP contribution in [0.4, 0.5) is 0 Å². The van der Waals surface area contributed by atoms with Crippen LogP contribution in [0.2, 0.25) is 0 Å². The van der Waals surface area contributed by atoms with Gasteiger partial charge in [0.15, 0.2) is 10.4 Å². The molecule has 0 amide bonds. The number of aromatic nitrogens is 3. The van der Waals surface area contributed by atoms with E-state index in [0.717, 1.165) is 22.0 Å². The fourth-order valence-electron chi connectivity index (χ4n) is 2.09. The lowest BCUT2D eigenvalue weighted by atomic mass is 10.1. The van der Waals surface area contributed by atoms with Crippen LogP contribution in [0.5, 0.6) is 5.75 Å². The van der Waals surface area contributed by atoms with Gasteiger partial charge in [0.1, 0.15) is 0 Å². The molecule has 0 atom stereocenters. The summed E-state index contributed by atoms with van der Waals surface area (Å²) in [6.07, 6.45) is 5.20. The molecule has 0 aliphatic heterocycles. The normalized spacial score (nSPS) is 10.6. The van der Waals surface area contributed by atoms with Crippen molar-refractivity contribution in [1.29, 1.82) is 0 Å². The molecule has 0 saturated heterocycles. The molecule has 94 valence electrons. The van der Waals surface area contributed by atoms with Crippen molar-refractivity contribution in [3.8, 4) is 17.0 Å². The van der Waals surface area contributed by atoms with Crippen LogP contribution < -0.4 is 4.74 Å². The molecule has 19 heavy (non-hydrogen) atoms. The molecule has 3 rings (SSSR count). The number of benzene rings is 1. The highest BCUT2D eigenvalue weighted by Crippen LogP contribution is 2.32. The molecule has 1 aromatic carbocycles. The fourth-order valence-corrected chi connectivity index (χ4v) is 2.33. The average Bonchev–Trinajstić information content (AvgIpc) is 2.46. The predicted molar refractivity (Wildman–Crippen MR) is 76.7 cm³/mol. The number of nitrogens with one attached hydrogen (secondary N) is 1. The van der Waals surface area contributed by atoms with Gasteiger partial charge in [-0.15, -0.1) is 0 Å². The summed E-state index contributed by atoms with van der Waals surface area (Å²) >= 11 is 5.18. The van der Waals surface area contributed by atoms with E-state index in [4.69, 9.17) is 17.0 Å². The molecule has 2 aromatic heterocycles. The minimum atomic E-state index is 0.434. The van der Waals surface area contributed by atoms with E-state index < -0.39 is 0 Å². The zero-order valence-corrected chi connectivity index (χ0v) is 11.1. The Morgan fingerprint density at radius 2 is 2.05 bits per heavy atom. The maximum Gasteiger partial charge on any atom is 0.179 e. The third-order valence-corrected chi connectivity index (χ3v) is 3.24. The van der Waals surface area contributed by atoms with Gasteiger partial charge in [-0.3, -0.25) is 4.98 Å². The number of fused-ring (bicyclic) bond motifs is 1. The number of methoxy groups -OCH3 is 1. The number of hydrogen-bond donors (Lipinski definition) is 1. The second-order valence-electron chi connectivity index (χ2n) is 4.02. The number of hydrogen-bond acceptors (Lipinski definition) is 4. The zero-order valence-electron chi connectivity index (χ0n) is 10.3. The minimum Gasteiger partial charge on any atom is -0.491 e. The van der Waals surface area contributed by atoms with Crippen molar-refractivity contribution in [2.45, 2.75) is 0 Å². The molecule has 1 N–H and O–H groups in total. The molecular weight excluding hydrogens is 258 g/mol. The Morgan fingerprint density at radius 1 is 1.21 bits per heavy atom. The average molecular weight is 269 g/mol. The summed E-state index contributed by atoms with van der Waals surface area (Å²) in [5.41, 5.74) is 1.75. The molecule has 0 fully saturated rings. The first kappa shape index (κ1) is 11.8. The molecule has 0 radical (unpaired) electrons. The van der Waals surface area contributed by atoms with Gasteiger partial charge in [0, 0.05) is 23.3 Å². The summed E-state index contributed by atoms with van der Waals surface area (Å²) in [5.74, 6) is 0.565. The molecule has 0 saturated carbocycles. The molecule has 4 nitrogen and oxygen atoms in total. The van der Waals surface area contributed by atoms with Gasteiger partial charge in [-0.1, -0.05) is 36.5 Å². The van der Waals surface area contributed by atoms with E-state index in [1.54, 1.807) is 19.6 Å². The Hall–Kier alpha value is -2.27. The number of aromatic amines is 1. The van der Waals surface area contributed by atoms with Gasteiger partial charge in [-0.05, 0) is 5.39 Å². The molecule has 2 heterocycles. The van der Waals surface area contributed by atoms with Crippen LogP contribution in [0.25, 0.3) is 22.0 Å². The van der Waals surface area contributed by atoms with Crippen molar-refractivity contribution in [1.82, 2.24) is 15.0 Å². The Morgan fingerprint density at radius 3 is 2.89 bits per heavy atom. The Balaban J connectivity index is 2.37. The van der Waals surface area contributed by atoms with Gasteiger partial charge in [0.05, 0.1) is 19.1 Å². The lowest BCUT2D eigenvalue weighted by Crippen LogP contribution is -1.95. The number of H-pyrrole nitrogens is 1. The van der Waals surface area contributed by atoms with Crippen LogP contribution >= 0.6 is 12.2 Å². The van der Waals surface area contributed by atoms with Crippen LogP contribution in [0, 0.1) is 4.64 Å². The SMILES string of the molecule is COc1c(-c2cncc3ccccc23)[nH]cnc1=S. The highest BCUT2D eigenvalue weighted by atomic mass is 32.1. The summed E-state index contributed by atoms with van der Waals surface area (Å²) in [4.78, 5) is 11.4. The summed E-state index contributed by atoms with van der Waals surface area (Å²) in [6.45, 7) is 0. The van der Waals surface area contributed by atoms with Crippen LogP contribution in [0.3, 0.4) is 0 Å². The topological polar surface area (TPSA) is 50.8 Å². The maximum absolute atomic E-state index is 5.35. The molecule has 0 spiro atoms. The van der Waals surface area contributed by atoms with Crippen molar-refractivity contribution < 1.29 is 4.74 Å². The van der Waals surface area contributed by atoms with Gasteiger partial charge in [-0.2, -0.15) is 0 Å². The predicted octanol–water partition coefficient (Wildman–Crippen LogP) is 3.36. The van der Waals surface area contributed by atoms with E-state index in [0.29, 0.717) is 10.4 Å². The van der Waals surface area contributed by atoms with Crippen LogP contribution in [-0.2, 0) is 0 Å². The first-order valence-electron chi connectivity index (χ1n) is 5.76. The van der Waals surface area contributed by atoms with E-state index in [-0.39, 0.29) is 0 Å². The first-order chi connectivity index (χ1) is 9.31. The van der Waals surface area contributed by atoms with Crippen LogP contribution in [0.15, 0.2) is 43.0 Å². The Labute approximate surface area is 115 Å². The van der Waals surface area contributed by atoms with E-state index in [1.165, 1.54) is 0 Å². The summed E-state index contributed by atoms with van der Waals surface area (Å²) in [5, 5.41) is 2.16. The van der Waals surface area contributed by atoms with Crippen molar-refractivity contribution in [2.75, 3.05) is 7.11 Å². The zero-order chi connectivity index (χ0) is 13.2. The largest absolute Gasteiger partial charge is 0.491 e. The fraction of sp³-hybridized carbons (Fsp3) is 0.0714. The number of rotatable bonds is 2. The molecule has 0 unspecified atom stereocenters. The summed E-state index contributed by atoms with van der Waals surface area (Å²) < 4.78 is 5.79. The Kier molecular flexibility index (Phi) is 2.97. The molecular formula is C14H11N3OS.